The Bertz CT molecular complexity index is 356. The Balaban J connectivity index is 0.000000605. The zero-order chi connectivity index (χ0) is 6.97. The van der Waals surface area contributed by atoms with Crippen LogP contribution in [0.2, 0.25) is 0 Å². The molecule has 0 radical (unpaired) electrons. The van der Waals surface area contributed by atoms with E-state index in [1.807, 2.05) is 0 Å². The van der Waals surface area contributed by atoms with Crippen LogP contribution < -0.4 is 5.73 Å². The molecule has 2 heterocycles. The van der Waals surface area contributed by atoms with Gasteiger partial charge in [-0.25, -0.2) is 4.98 Å². The second-order valence-corrected chi connectivity index (χ2v) is 1.91. The Kier molecular flexibility index (Phi) is 1.91. The molecule has 0 saturated carbocycles. The summed E-state index contributed by atoms with van der Waals surface area (Å²) in [7, 11) is 0. The van der Waals surface area contributed by atoms with Crippen LogP contribution in [-0.4, -0.2) is 19.6 Å². The lowest BCUT2D eigenvalue weighted by Crippen LogP contribution is -1.92. The van der Waals surface area contributed by atoms with E-state index in [-0.39, 0.29) is 12.4 Å². The minimum Gasteiger partial charge on any atom is -0.382 e. The van der Waals surface area contributed by atoms with Crippen molar-refractivity contribution in [2.24, 2.45) is 0 Å². The van der Waals surface area contributed by atoms with Crippen molar-refractivity contribution < 1.29 is 0 Å². The van der Waals surface area contributed by atoms with Crippen molar-refractivity contribution in [1.82, 2.24) is 19.6 Å². The minimum absolute atomic E-state index is 0. The smallest absolute Gasteiger partial charge is 0.179 e. The molecule has 0 aliphatic carbocycles. The summed E-state index contributed by atoms with van der Waals surface area (Å²) in [5, 5.41) is 7.41. The highest BCUT2D eigenvalue weighted by molar-refractivity contribution is 5.85. The lowest BCUT2D eigenvalue weighted by atomic mass is 10.6. The number of rotatable bonds is 0. The van der Waals surface area contributed by atoms with Crippen molar-refractivity contribution in [2.75, 3.05) is 5.73 Å². The second-order valence-electron chi connectivity index (χ2n) is 1.91. The highest BCUT2D eigenvalue weighted by atomic mass is 35.5. The fraction of sp³-hybridized carbons (Fsp3) is 0. The van der Waals surface area contributed by atoms with E-state index in [1.54, 1.807) is 23.1 Å². The maximum Gasteiger partial charge on any atom is 0.179 e. The molecule has 0 spiro atoms. The Labute approximate surface area is 68.7 Å². The molecule has 6 heteroatoms. The molecule has 11 heavy (non-hydrogen) atoms. The predicted octanol–water partition coefficient (Wildman–Crippen LogP) is 0.128. The molecular formula is C5H6ClN5. The van der Waals surface area contributed by atoms with Gasteiger partial charge in [-0.15, -0.1) is 22.6 Å². The molecule has 0 saturated heterocycles. The lowest BCUT2D eigenvalue weighted by Gasteiger charge is -1.90. The number of halogens is 1. The van der Waals surface area contributed by atoms with E-state index >= 15 is 0 Å². The van der Waals surface area contributed by atoms with Crippen LogP contribution in [0.3, 0.4) is 0 Å². The van der Waals surface area contributed by atoms with Crippen molar-refractivity contribution in [3.63, 3.8) is 0 Å². The molecular weight excluding hydrogens is 166 g/mol. The Morgan fingerprint density at radius 2 is 2.27 bits per heavy atom. The monoisotopic (exact) mass is 171 g/mol. The van der Waals surface area contributed by atoms with E-state index in [2.05, 4.69) is 15.2 Å². The first-order valence-electron chi connectivity index (χ1n) is 2.77. The van der Waals surface area contributed by atoms with Crippen LogP contribution in [0.4, 0.5) is 5.82 Å². The number of fused-ring (bicyclic) bond motifs is 1. The topological polar surface area (TPSA) is 69.1 Å². The van der Waals surface area contributed by atoms with E-state index in [4.69, 9.17) is 5.73 Å². The molecule has 2 aromatic heterocycles. The van der Waals surface area contributed by atoms with Gasteiger partial charge in [0.25, 0.3) is 0 Å². The fourth-order valence-electron chi connectivity index (χ4n) is 0.751. The number of hydrogen-bond acceptors (Lipinski definition) is 4. The molecule has 0 aliphatic heterocycles. The summed E-state index contributed by atoms with van der Waals surface area (Å²) in [6, 6.07) is 0. The fourth-order valence-corrected chi connectivity index (χ4v) is 0.751. The zero-order valence-electron chi connectivity index (χ0n) is 5.51. The largest absolute Gasteiger partial charge is 0.382 e. The second kappa shape index (κ2) is 2.71. The summed E-state index contributed by atoms with van der Waals surface area (Å²) in [5.74, 6) is 0.465. The average Bonchev–Trinajstić information content (AvgIpc) is 2.33. The van der Waals surface area contributed by atoms with Crippen LogP contribution in [0.25, 0.3) is 5.65 Å². The predicted molar refractivity (Wildman–Crippen MR) is 42.4 cm³/mol. The normalized spacial score (nSPS) is 9.45. The summed E-state index contributed by atoms with van der Waals surface area (Å²) >= 11 is 0. The third-order valence-corrected chi connectivity index (χ3v) is 1.20. The number of nitrogen functional groups attached to an aromatic ring is 1. The van der Waals surface area contributed by atoms with Crippen molar-refractivity contribution in [3.05, 3.63) is 18.7 Å². The van der Waals surface area contributed by atoms with Gasteiger partial charge in [-0.05, 0) is 0 Å². The van der Waals surface area contributed by atoms with Gasteiger partial charge in [0.1, 0.15) is 12.1 Å². The SMILES string of the molecule is Cl.Nc1cn2cnnc2cn1. The average molecular weight is 172 g/mol. The lowest BCUT2D eigenvalue weighted by molar-refractivity contribution is 1.10. The molecule has 0 atom stereocenters. The number of nitrogens with two attached hydrogens (primary N) is 1. The maximum atomic E-state index is 5.40. The van der Waals surface area contributed by atoms with E-state index in [9.17, 15) is 0 Å². The van der Waals surface area contributed by atoms with E-state index in [0.29, 0.717) is 11.5 Å². The van der Waals surface area contributed by atoms with Gasteiger partial charge in [0, 0.05) is 0 Å². The summed E-state index contributed by atoms with van der Waals surface area (Å²) in [5.41, 5.74) is 6.10. The quantitative estimate of drug-likeness (QED) is 0.612. The van der Waals surface area contributed by atoms with Crippen LogP contribution in [0.5, 0.6) is 0 Å². The summed E-state index contributed by atoms with van der Waals surface area (Å²) < 4.78 is 1.71. The Hall–Kier alpha value is -1.36. The van der Waals surface area contributed by atoms with Crippen LogP contribution in [-0.2, 0) is 0 Å². The molecule has 5 nitrogen and oxygen atoms in total. The molecule has 0 fully saturated rings. The summed E-state index contributed by atoms with van der Waals surface area (Å²) in [6.07, 6.45) is 4.81. The van der Waals surface area contributed by atoms with Gasteiger partial charge >= 0.3 is 0 Å². The van der Waals surface area contributed by atoms with Crippen molar-refractivity contribution in [1.29, 1.82) is 0 Å². The van der Waals surface area contributed by atoms with Gasteiger partial charge in [-0.2, -0.15) is 0 Å². The van der Waals surface area contributed by atoms with E-state index in [0.717, 1.165) is 0 Å². The van der Waals surface area contributed by atoms with Crippen molar-refractivity contribution >= 4 is 23.9 Å². The minimum atomic E-state index is 0. The van der Waals surface area contributed by atoms with Gasteiger partial charge < -0.3 is 5.73 Å². The first-order chi connectivity index (χ1) is 4.86. The highest BCUT2D eigenvalue weighted by Gasteiger charge is 1.93. The van der Waals surface area contributed by atoms with Gasteiger partial charge in [0.2, 0.25) is 0 Å². The van der Waals surface area contributed by atoms with Crippen LogP contribution in [0.15, 0.2) is 18.7 Å². The third kappa shape index (κ3) is 1.22. The molecule has 0 unspecified atom stereocenters. The molecule has 58 valence electrons. The molecule has 0 amide bonds. The van der Waals surface area contributed by atoms with Crippen LogP contribution >= 0.6 is 12.4 Å². The Morgan fingerprint density at radius 1 is 1.45 bits per heavy atom. The van der Waals surface area contributed by atoms with Gasteiger partial charge in [0.05, 0.1) is 12.4 Å². The number of hydrogen-bond donors (Lipinski definition) is 1. The first-order valence-corrected chi connectivity index (χ1v) is 2.77. The third-order valence-electron chi connectivity index (χ3n) is 1.20. The molecule has 0 aliphatic rings. The number of aromatic nitrogens is 4. The van der Waals surface area contributed by atoms with Crippen molar-refractivity contribution in [2.45, 2.75) is 0 Å². The number of nitrogens with zero attached hydrogens (tertiary/aromatic N) is 4. The summed E-state index contributed by atoms with van der Waals surface area (Å²) in [4.78, 5) is 3.83. The maximum absolute atomic E-state index is 5.40. The highest BCUT2D eigenvalue weighted by Crippen LogP contribution is 1.98. The van der Waals surface area contributed by atoms with Gasteiger partial charge in [-0.1, -0.05) is 0 Å². The summed E-state index contributed by atoms with van der Waals surface area (Å²) in [6.45, 7) is 0. The standard InChI is InChI=1S/C5H5N5.ClH/c6-4-2-10-3-8-9-5(10)1-7-4;/h1-3H,6H2;1H. The van der Waals surface area contributed by atoms with E-state index < -0.39 is 0 Å². The molecule has 2 aromatic rings. The molecule has 0 bridgehead atoms. The molecule has 2 N–H and O–H groups in total. The van der Waals surface area contributed by atoms with Gasteiger partial charge in [0.15, 0.2) is 5.65 Å². The molecule has 2 rings (SSSR count). The van der Waals surface area contributed by atoms with Crippen molar-refractivity contribution in [3.8, 4) is 0 Å². The first kappa shape index (κ1) is 7.74. The van der Waals surface area contributed by atoms with Gasteiger partial charge in [-0.3, -0.25) is 4.40 Å². The molecule has 0 aromatic carbocycles. The van der Waals surface area contributed by atoms with E-state index in [1.165, 1.54) is 0 Å². The number of anilines is 1. The van der Waals surface area contributed by atoms with Crippen LogP contribution in [0.1, 0.15) is 0 Å². The Morgan fingerprint density at radius 3 is 3.09 bits per heavy atom. The van der Waals surface area contributed by atoms with Crippen LogP contribution in [0, 0.1) is 0 Å². The zero-order valence-corrected chi connectivity index (χ0v) is 6.32.